The number of furan rings is 1. The van der Waals surface area contributed by atoms with E-state index in [1.807, 2.05) is 6.07 Å². The van der Waals surface area contributed by atoms with Crippen LogP contribution in [0.5, 0.6) is 0 Å². The minimum Gasteiger partial charge on any atom is -0.456 e. The fourth-order valence-corrected chi connectivity index (χ4v) is 11.4. The highest BCUT2D eigenvalue weighted by Gasteiger charge is 2.36. The topological polar surface area (TPSA) is 16.4 Å². The fraction of sp³-hybridized carbons (Fsp3) is 0.100. The third-order valence-corrected chi connectivity index (χ3v) is 14.3. The number of para-hydroxylation sites is 1. The van der Waals surface area contributed by atoms with Gasteiger partial charge in [-0.1, -0.05) is 159 Å². The molecule has 0 spiro atoms. The number of hydrogen-bond donors (Lipinski definition) is 0. The standard InChI is InChI=1S/C60H43NO/c1-60(2)52-20-7-5-15-46(52)51-36-40(29-35-53(51)60)37-24-30-41(31-25-37)61(42-32-26-38(27-33-42)43-17-11-23-56-59(43)49-16-6-8-22-55(49)62-56)54-21-9-12-39-28-34-48-45-14-4-3-13-44(45)47-18-10-19-50(57(39)54)58(47)48/h3-27,29-33,35-36,48H,28,34H2,1-2H3. The van der Waals surface area contributed by atoms with Gasteiger partial charge in [-0.3, -0.25) is 0 Å². The van der Waals surface area contributed by atoms with Crippen molar-refractivity contribution >= 4 is 39.0 Å². The van der Waals surface area contributed by atoms with E-state index in [0.29, 0.717) is 5.92 Å². The van der Waals surface area contributed by atoms with Crippen LogP contribution >= 0.6 is 0 Å². The lowest BCUT2D eigenvalue weighted by Crippen LogP contribution is -2.14. The first kappa shape index (κ1) is 35.3. The van der Waals surface area contributed by atoms with Gasteiger partial charge >= 0.3 is 0 Å². The molecule has 9 aromatic carbocycles. The monoisotopic (exact) mass is 793 g/mol. The molecule has 1 atom stereocenters. The Kier molecular flexibility index (Phi) is 7.58. The summed E-state index contributed by atoms with van der Waals surface area (Å²) in [6, 6.07) is 72.1. The van der Waals surface area contributed by atoms with Crippen molar-refractivity contribution in [2.45, 2.75) is 38.0 Å². The van der Waals surface area contributed by atoms with Crippen LogP contribution in [-0.2, 0) is 11.8 Å². The summed E-state index contributed by atoms with van der Waals surface area (Å²) in [6.07, 6.45) is 2.11. The van der Waals surface area contributed by atoms with Crippen LogP contribution in [0, 0.1) is 0 Å². The lowest BCUT2D eigenvalue weighted by molar-refractivity contribution is 0.660. The summed E-state index contributed by atoms with van der Waals surface area (Å²) >= 11 is 0. The van der Waals surface area contributed by atoms with Crippen molar-refractivity contribution in [3.8, 4) is 55.6 Å². The van der Waals surface area contributed by atoms with Crippen molar-refractivity contribution in [3.63, 3.8) is 0 Å². The molecule has 0 radical (unpaired) electrons. The summed E-state index contributed by atoms with van der Waals surface area (Å²) in [5.74, 6) is 0.385. The molecule has 62 heavy (non-hydrogen) atoms. The van der Waals surface area contributed by atoms with E-state index in [9.17, 15) is 0 Å². The third kappa shape index (κ3) is 5.10. The maximum atomic E-state index is 6.30. The highest BCUT2D eigenvalue weighted by atomic mass is 16.3. The normalized spacial score (nSPS) is 15.1. The van der Waals surface area contributed by atoms with Crippen molar-refractivity contribution in [1.82, 2.24) is 0 Å². The number of fused-ring (bicyclic) bond motifs is 11. The predicted molar refractivity (Wildman–Crippen MR) is 258 cm³/mol. The Morgan fingerprint density at radius 1 is 0.484 bits per heavy atom. The molecule has 0 saturated heterocycles. The molecule has 3 aliphatic carbocycles. The van der Waals surface area contributed by atoms with Crippen LogP contribution in [0.1, 0.15) is 54.0 Å². The van der Waals surface area contributed by atoms with E-state index in [-0.39, 0.29) is 5.41 Å². The molecular formula is C60H43NO. The summed E-state index contributed by atoms with van der Waals surface area (Å²) in [5.41, 5.74) is 25.3. The minimum absolute atomic E-state index is 0.0153. The molecule has 1 heterocycles. The van der Waals surface area contributed by atoms with Crippen molar-refractivity contribution in [2.24, 2.45) is 0 Å². The molecule has 1 aromatic heterocycles. The summed E-state index contributed by atoms with van der Waals surface area (Å²) < 4.78 is 6.30. The van der Waals surface area contributed by atoms with Crippen molar-refractivity contribution < 1.29 is 4.42 Å². The highest BCUT2D eigenvalue weighted by molar-refractivity contribution is 6.12. The summed E-state index contributed by atoms with van der Waals surface area (Å²) in [5, 5.41) is 2.30. The van der Waals surface area contributed by atoms with Gasteiger partial charge in [0.1, 0.15) is 11.2 Å². The van der Waals surface area contributed by atoms with Gasteiger partial charge in [0.05, 0.1) is 5.69 Å². The van der Waals surface area contributed by atoms with Gasteiger partial charge in [-0.05, 0) is 139 Å². The molecule has 13 rings (SSSR count). The van der Waals surface area contributed by atoms with Gasteiger partial charge in [0.25, 0.3) is 0 Å². The van der Waals surface area contributed by atoms with E-state index in [1.165, 1.54) is 83.6 Å². The number of rotatable bonds is 5. The summed E-state index contributed by atoms with van der Waals surface area (Å²) in [4.78, 5) is 2.49. The SMILES string of the molecule is CC1(C)c2ccccc2-c2cc(-c3ccc(N(c4ccc(-c5cccc6oc7ccccc7c56)cc4)c4cccc5c4-c4cccc6c4C(CC5)c4ccccc4-6)cc3)ccc21. The Morgan fingerprint density at radius 3 is 1.97 bits per heavy atom. The van der Waals surface area contributed by atoms with E-state index < -0.39 is 0 Å². The van der Waals surface area contributed by atoms with Crippen LogP contribution in [0.3, 0.4) is 0 Å². The fourth-order valence-electron chi connectivity index (χ4n) is 11.4. The first-order chi connectivity index (χ1) is 30.5. The van der Waals surface area contributed by atoms with Crippen LogP contribution in [-0.4, -0.2) is 0 Å². The van der Waals surface area contributed by atoms with E-state index in [2.05, 4.69) is 207 Å². The summed E-state index contributed by atoms with van der Waals surface area (Å²) in [6.45, 7) is 4.69. The third-order valence-electron chi connectivity index (χ3n) is 14.3. The zero-order valence-corrected chi connectivity index (χ0v) is 34.8. The van der Waals surface area contributed by atoms with Gasteiger partial charge in [0, 0.05) is 39.0 Å². The van der Waals surface area contributed by atoms with E-state index in [0.717, 1.165) is 51.7 Å². The number of hydrogen-bond acceptors (Lipinski definition) is 2. The van der Waals surface area contributed by atoms with Crippen molar-refractivity contribution in [3.05, 3.63) is 222 Å². The smallest absolute Gasteiger partial charge is 0.136 e. The lowest BCUT2D eigenvalue weighted by atomic mass is 9.82. The van der Waals surface area contributed by atoms with Gasteiger partial charge in [-0.25, -0.2) is 0 Å². The highest BCUT2D eigenvalue weighted by Crippen LogP contribution is 2.56. The molecule has 0 fully saturated rings. The Labute approximate surface area is 362 Å². The molecule has 294 valence electrons. The zero-order chi connectivity index (χ0) is 41.1. The van der Waals surface area contributed by atoms with Crippen molar-refractivity contribution in [1.29, 1.82) is 0 Å². The Bertz CT molecular complexity index is 3440. The first-order valence-electron chi connectivity index (χ1n) is 22.0. The second-order valence-corrected chi connectivity index (χ2v) is 17.9. The zero-order valence-electron chi connectivity index (χ0n) is 34.8. The van der Waals surface area contributed by atoms with Crippen LogP contribution in [0.4, 0.5) is 17.1 Å². The number of aryl methyl sites for hydroxylation is 1. The largest absolute Gasteiger partial charge is 0.456 e. The van der Waals surface area contributed by atoms with Gasteiger partial charge in [-0.2, -0.15) is 0 Å². The molecule has 0 aliphatic heterocycles. The van der Waals surface area contributed by atoms with E-state index in [4.69, 9.17) is 4.42 Å². The van der Waals surface area contributed by atoms with Gasteiger partial charge in [0.2, 0.25) is 0 Å². The van der Waals surface area contributed by atoms with Crippen LogP contribution < -0.4 is 4.90 Å². The molecule has 3 aliphatic rings. The van der Waals surface area contributed by atoms with Crippen LogP contribution in [0.2, 0.25) is 0 Å². The van der Waals surface area contributed by atoms with Gasteiger partial charge in [-0.15, -0.1) is 0 Å². The molecule has 0 saturated carbocycles. The predicted octanol–water partition coefficient (Wildman–Crippen LogP) is 16.4. The second kappa shape index (κ2) is 13.3. The summed E-state index contributed by atoms with van der Waals surface area (Å²) in [7, 11) is 0. The Morgan fingerprint density at radius 2 is 1.11 bits per heavy atom. The maximum Gasteiger partial charge on any atom is 0.136 e. The number of anilines is 3. The minimum atomic E-state index is -0.0153. The van der Waals surface area contributed by atoms with Crippen LogP contribution in [0.25, 0.3) is 77.6 Å². The lowest BCUT2D eigenvalue weighted by Gasteiger charge is -2.29. The number of nitrogens with zero attached hydrogens (tertiary/aromatic N) is 1. The maximum absolute atomic E-state index is 6.30. The first-order valence-corrected chi connectivity index (χ1v) is 22.0. The molecule has 1 unspecified atom stereocenters. The molecular weight excluding hydrogens is 751 g/mol. The number of benzene rings is 9. The molecule has 2 nitrogen and oxygen atoms in total. The Balaban J connectivity index is 0.966. The van der Waals surface area contributed by atoms with E-state index in [1.54, 1.807) is 0 Å². The molecule has 10 aromatic rings. The molecule has 0 amide bonds. The molecule has 0 N–H and O–H groups in total. The molecule has 2 heteroatoms. The van der Waals surface area contributed by atoms with E-state index >= 15 is 0 Å². The van der Waals surface area contributed by atoms with Gasteiger partial charge < -0.3 is 9.32 Å². The molecule has 0 bridgehead atoms. The average Bonchev–Trinajstić information content (AvgIpc) is 3.89. The van der Waals surface area contributed by atoms with Gasteiger partial charge in [0.15, 0.2) is 0 Å². The van der Waals surface area contributed by atoms with Crippen LogP contribution in [0.15, 0.2) is 199 Å². The van der Waals surface area contributed by atoms with Crippen molar-refractivity contribution in [2.75, 3.05) is 4.90 Å². The second-order valence-electron chi connectivity index (χ2n) is 17.9. The Hall–Kier alpha value is -7.42. The average molecular weight is 794 g/mol. The quantitative estimate of drug-likeness (QED) is 0.173.